The predicted octanol–water partition coefficient (Wildman–Crippen LogP) is 4.86. The molecule has 31 heavy (non-hydrogen) atoms. The molecular formula is C23H16ClN5OS. The number of nitrogens with zero attached hydrogens (tertiary/aromatic N) is 4. The molecule has 5 aromatic rings. The zero-order valence-electron chi connectivity index (χ0n) is 16.2. The number of para-hydroxylation sites is 2. The molecule has 8 heteroatoms. The summed E-state index contributed by atoms with van der Waals surface area (Å²) in [6, 6.07) is 22.0. The van der Waals surface area contributed by atoms with Crippen molar-refractivity contribution in [3.63, 3.8) is 0 Å². The van der Waals surface area contributed by atoms with Crippen LogP contribution in [0.15, 0.2) is 82.7 Å². The minimum absolute atomic E-state index is 0.158. The molecule has 152 valence electrons. The molecule has 0 aliphatic heterocycles. The zero-order valence-corrected chi connectivity index (χ0v) is 17.8. The Kier molecular flexibility index (Phi) is 5.05. The van der Waals surface area contributed by atoms with E-state index in [1.54, 1.807) is 28.8 Å². The van der Waals surface area contributed by atoms with Crippen LogP contribution in [0.3, 0.4) is 0 Å². The molecule has 0 unspecified atom stereocenters. The Morgan fingerprint density at radius 1 is 0.871 bits per heavy atom. The quantitative estimate of drug-likeness (QED) is 0.314. The van der Waals surface area contributed by atoms with Crippen LogP contribution < -0.4 is 11.3 Å². The molecule has 0 aliphatic rings. The second kappa shape index (κ2) is 8.02. The summed E-state index contributed by atoms with van der Waals surface area (Å²) < 4.78 is 1.57. The summed E-state index contributed by atoms with van der Waals surface area (Å²) in [6.07, 6.45) is 0. The Morgan fingerprint density at radius 2 is 1.58 bits per heavy atom. The van der Waals surface area contributed by atoms with Gasteiger partial charge in [-0.3, -0.25) is 9.36 Å². The number of benzene rings is 3. The highest BCUT2D eigenvalue weighted by atomic mass is 35.5. The van der Waals surface area contributed by atoms with Crippen LogP contribution in [-0.4, -0.2) is 19.5 Å². The van der Waals surface area contributed by atoms with Crippen molar-refractivity contribution in [1.82, 2.24) is 19.5 Å². The number of anilines is 1. The molecular weight excluding hydrogens is 430 g/mol. The van der Waals surface area contributed by atoms with Gasteiger partial charge in [0.2, 0.25) is 0 Å². The summed E-state index contributed by atoms with van der Waals surface area (Å²) in [6.45, 7) is 0. The van der Waals surface area contributed by atoms with Crippen molar-refractivity contribution in [3.05, 3.63) is 94.0 Å². The standard InChI is InChI=1S/C23H16ClN5OS/c24-14-6-5-7-15(12-14)29-22(30)17-9-2-4-11-19(17)27-23(29)31-13-20-26-18-10-3-1-8-16(18)21(25)28-20/h1-12H,13H2,(H2,25,26,28). The molecule has 0 aliphatic carbocycles. The maximum absolute atomic E-state index is 13.3. The third kappa shape index (κ3) is 3.73. The molecule has 2 N–H and O–H groups in total. The second-order valence-corrected chi connectivity index (χ2v) is 8.24. The predicted molar refractivity (Wildman–Crippen MR) is 126 cm³/mol. The number of thioether (sulfide) groups is 1. The third-order valence-corrected chi connectivity index (χ3v) is 5.99. The molecule has 0 amide bonds. The number of rotatable bonds is 4. The van der Waals surface area contributed by atoms with Crippen LogP contribution in [0, 0.1) is 0 Å². The summed E-state index contributed by atoms with van der Waals surface area (Å²) >= 11 is 7.56. The van der Waals surface area contributed by atoms with Gasteiger partial charge in [0.15, 0.2) is 5.16 Å². The lowest BCUT2D eigenvalue weighted by atomic mass is 10.2. The molecule has 0 fully saturated rings. The molecule has 2 heterocycles. The number of nitrogen functional groups attached to an aromatic ring is 1. The maximum Gasteiger partial charge on any atom is 0.266 e. The highest BCUT2D eigenvalue weighted by Gasteiger charge is 2.15. The van der Waals surface area contributed by atoms with Gasteiger partial charge >= 0.3 is 0 Å². The highest BCUT2D eigenvalue weighted by Crippen LogP contribution is 2.26. The molecule has 0 atom stereocenters. The number of fused-ring (bicyclic) bond motifs is 2. The van der Waals surface area contributed by atoms with E-state index < -0.39 is 0 Å². The third-order valence-electron chi connectivity index (χ3n) is 4.82. The monoisotopic (exact) mass is 445 g/mol. The molecule has 6 nitrogen and oxygen atoms in total. The van der Waals surface area contributed by atoms with Gasteiger partial charge in [0, 0.05) is 10.4 Å². The van der Waals surface area contributed by atoms with Crippen LogP contribution in [0.4, 0.5) is 5.82 Å². The molecule has 0 bridgehead atoms. The van der Waals surface area contributed by atoms with Crippen LogP contribution in [0.5, 0.6) is 0 Å². The molecule has 3 aromatic carbocycles. The largest absolute Gasteiger partial charge is 0.383 e. The van der Waals surface area contributed by atoms with E-state index in [9.17, 15) is 4.79 Å². The van der Waals surface area contributed by atoms with Crippen molar-refractivity contribution in [1.29, 1.82) is 0 Å². The lowest BCUT2D eigenvalue weighted by Gasteiger charge is -2.13. The van der Waals surface area contributed by atoms with Gasteiger partial charge in [-0.15, -0.1) is 0 Å². The Labute approximate surface area is 186 Å². The van der Waals surface area contributed by atoms with Crippen molar-refractivity contribution in [2.75, 3.05) is 5.73 Å². The first-order valence-corrected chi connectivity index (χ1v) is 10.9. The lowest BCUT2D eigenvalue weighted by molar-refractivity contribution is 0.818. The van der Waals surface area contributed by atoms with Crippen molar-refractivity contribution in [2.45, 2.75) is 10.9 Å². The fourth-order valence-corrected chi connectivity index (χ4v) is 4.45. The van der Waals surface area contributed by atoms with E-state index in [1.807, 2.05) is 48.5 Å². The summed E-state index contributed by atoms with van der Waals surface area (Å²) in [4.78, 5) is 27.1. The average molecular weight is 446 g/mol. The summed E-state index contributed by atoms with van der Waals surface area (Å²) in [5.41, 5.74) is 8.02. The minimum Gasteiger partial charge on any atom is -0.383 e. The van der Waals surface area contributed by atoms with Crippen molar-refractivity contribution in [3.8, 4) is 5.69 Å². The number of hydrogen-bond acceptors (Lipinski definition) is 6. The first-order valence-electron chi connectivity index (χ1n) is 9.52. The molecule has 0 saturated heterocycles. The minimum atomic E-state index is -0.158. The zero-order chi connectivity index (χ0) is 21.4. The second-order valence-electron chi connectivity index (χ2n) is 6.86. The molecule has 2 aromatic heterocycles. The van der Waals surface area contributed by atoms with Gasteiger partial charge in [-0.1, -0.05) is 53.7 Å². The number of halogens is 1. The normalized spacial score (nSPS) is 11.3. The fourth-order valence-electron chi connectivity index (χ4n) is 3.40. The van der Waals surface area contributed by atoms with Crippen LogP contribution in [-0.2, 0) is 5.75 Å². The summed E-state index contributed by atoms with van der Waals surface area (Å²) in [5, 5.41) is 2.43. The Bertz CT molecular complexity index is 1500. The number of aromatic nitrogens is 4. The SMILES string of the molecule is Nc1nc(CSc2nc3ccccc3c(=O)n2-c2cccc(Cl)c2)nc2ccccc12. The van der Waals surface area contributed by atoms with E-state index in [0.717, 1.165) is 10.9 Å². The van der Waals surface area contributed by atoms with Crippen molar-refractivity contribution in [2.24, 2.45) is 0 Å². The van der Waals surface area contributed by atoms with Crippen molar-refractivity contribution < 1.29 is 0 Å². The highest BCUT2D eigenvalue weighted by molar-refractivity contribution is 7.98. The van der Waals surface area contributed by atoms with Gasteiger partial charge in [-0.25, -0.2) is 15.0 Å². The van der Waals surface area contributed by atoms with E-state index in [-0.39, 0.29) is 5.56 Å². The van der Waals surface area contributed by atoms with Gasteiger partial charge in [0.05, 0.1) is 27.9 Å². The van der Waals surface area contributed by atoms with Gasteiger partial charge in [0.25, 0.3) is 5.56 Å². The Balaban J connectivity index is 1.61. The summed E-state index contributed by atoms with van der Waals surface area (Å²) in [7, 11) is 0. The van der Waals surface area contributed by atoms with Gasteiger partial charge in [-0.05, 0) is 42.5 Å². The van der Waals surface area contributed by atoms with E-state index in [4.69, 9.17) is 22.3 Å². The first-order chi connectivity index (χ1) is 15.1. The smallest absolute Gasteiger partial charge is 0.266 e. The molecule has 5 rings (SSSR count). The van der Waals surface area contributed by atoms with Crippen LogP contribution in [0.2, 0.25) is 5.02 Å². The average Bonchev–Trinajstić information content (AvgIpc) is 2.78. The van der Waals surface area contributed by atoms with E-state index in [1.165, 1.54) is 11.8 Å². The fraction of sp³-hybridized carbons (Fsp3) is 0.0435. The molecule has 0 spiro atoms. The Morgan fingerprint density at radius 3 is 2.35 bits per heavy atom. The maximum atomic E-state index is 13.3. The van der Waals surface area contributed by atoms with Crippen LogP contribution in [0.1, 0.15) is 5.82 Å². The van der Waals surface area contributed by atoms with E-state index >= 15 is 0 Å². The van der Waals surface area contributed by atoms with Gasteiger partial charge in [-0.2, -0.15) is 0 Å². The van der Waals surface area contributed by atoms with Crippen molar-refractivity contribution >= 4 is 51.0 Å². The first kappa shape index (κ1) is 19.5. The van der Waals surface area contributed by atoms with Crippen LogP contribution >= 0.6 is 23.4 Å². The van der Waals surface area contributed by atoms with E-state index in [0.29, 0.717) is 44.2 Å². The Hall–Kier alpha value is -3.42. The van der Waals surface area contributed by atoms with Gasteiger partial charge in [0.1, 0.15) is 11.6 Å². The molecule has 0 saturated carbocycles. The van der Waals surface area contributed by atoms with E-state index in [2.05, 4.69) is 9.97 Å². The lowest BCUT2D eigenvalue weighted by Crippen LogP contribution is -2.21. The number of nitrogens with two attached hydrogens (primary N) is 1. The number of hydrogen-bond donors (Lipinski definition) is 1. The van der Waals surface area contributed by atoms with Crippen LogP contribution in [0.25, 0.3) is 27.5 Å². The van der Waals surface area contributed by atoms with Gasteiger partial charge < -0.3 is 5.73 Å². The summed E-state index contributed by atoms with van der Waals surface area (Å²) in [5.74, 6) is 1.40. The topological polar surface area (TPSA) is 86.7 Å². The molecule has 0 radical (unpaired) electrons.